The lowest BCUT2D eigenvalue weighted by atomic mass is 10.1. The predicted octanol–water partition coefficient (Wildman–Crippen LogP) is 3.34. The van der Waals surface area contributed by atoms with Crippen LogP contribution in [0.1, 0.15) is 15.2 Å². The molecule has 4 nitrogen and oxygen atoms in total. The lowest BCUT2D eigenvalue weighted by Crippen LogP contribution is -2.02. The zero-order valence-corrected chi connectivity index (χ0v) is 12.2. The summed E-state index contributed by atoms with van der Waals surface area (Å²) >= 11 is 1.21. The smallest absolute Gasteiger partial charge is 0.206 e. The molecule has 0 aliphatic heterocycles. The van der Waals surface area contributed by atoms with Crippen molar-refractivity contribution in [3.63, 3.8) is 0 Å². The highest BCUT2D eigenvalue weighted by atomic mass is 32.1. The highest BCUT2D eigenvalue weighted by Crippen LogP contribution is 2.31. The van der Waals surface area contributed by atoms with Gasteiger partial charge >= 0.3 is 0 Å². The molecule has 2 aromatic carbocycles. The molecule has 0 amide bonds. The van der Waals surface area contributed by atoms with Crippen molar-refractivity contribution in [2.24, 2.45) is 0 Å². The molecule has 0 atom stereocenters. The van der Waals surface area contributed by atoms with Gasteiger partial charge in [0.1, 0.15) is 21.5 Å². The maximum atomic E-state index is 12.9. The summed E-state index contributed by atoms with van der Waals surface area (Å²) in [5.41, 5.74) is 13.4. The minimum atomic E-state index is -0.392. The molecule has 0 spiro atoms. The number of hydrogen-bond donors (Lipinski definition) is 2. The lowest BCUT2D eigenvalue weighted by molar-refractivity contribution is 0.104. The first-order chi connectivity index (χ1) is 10.5. The third-order valence-corrected chi connectivity index (χ3v) is 4.24. The minimum absolute atomic E-state index is 0.172. The van der Waals surface area contributed by atoms with Crippen LogP contribution in [0.4, 0.5) is 15.9 Å². The predicted molar refractivity (Wildman–Crippen MR) is 86.2 cm³/mol. The number of halogens is 1. The van der Waals surface area contributed by atoms with Gasteiger partial charge in [0.25, 0.3) is 0 Å². The Kier molecular flexibility index (Phi) is 3.60. The van der Waals surface area contributed by atoms with E-state index >= 15 is 0 Å². The molecule has 110 valence electrons. The number of benzene rings is 2. The van der Waals surface area contributed by atoms with E-state index in [4.69, 9.17) is 11.5 Å². The van der Waals surface area contributed by atoms with Crippen molar-refractivity contribution >= 4 is 28.6 Å². The summed E-state index contributed by atoms with van der Waals surface area (Å²) in [5.74, 6) is -0.487. The third-order valence-electron chi connectivity index (χ3n) is 3.12. The Balaban J connectivity index is 1.97. The van der Waals surface area contributed by atoms with Crippen LogP contribution in [-0.4, -0.2) is 10.8 Å². The zero-order chi connectivity index (χ0) is 15.7. The second-order valence-corrected chi connectivity index (χ2v) is 5.69. The second kappa shape index (κ2) is 5.57. The van der Waals surface area contributed by atoms with E-state index in [1.54, 1.807) is 12.1 Å². The molecular formula is C16H12FN3OS. The first kappa shape index (κ1) is 14.2. The third kappa shape index (κ3) is 2.68. The number of rotatable bonds is 3. The molecule has 3 aromatic rings. The largest absolute Gasteiger partial charge is 0.399 e. The number of thiazole rings is 1. The van der Waals surface area contributed by atoms with Gasteiger partial charge in [-0.2, -0.15) is 0 Å². The Hall–Kier alpha value is -2.73. The van der Waals surface area contributed by atoms with Crippen LogP contribution in [0.15, 0.2) is 48.5 Å². The Morgan fingerprint density at radius 1 is 1.00 bits per heavy atom. The maximum absolute atomic E-state index is 12.9. The summed E-state index contributed by atoms with van der Waals surface area (Å²) < 4.78 is 12.9. The summed E-state index contributed by atoms with van der Waals surface area (Å²) in [5, 5.41) is 0.642. The summed E-state index contributed by atoms with van der Waals surface area (Å²) in [6, 6.07) is 12.5. The number of nitrogen functional groups attached to an aromatic ring is 2. The van der Waals surface area contributed by atoms with Crippen molar-refractivity contribution in [1.29, 1.82) is 0 Å². The van der Waals surface area contributed by atoms with Crippen molar-refractivity contribution in [3.05, 3.63) is 64.8 Å². The first-order valence-corrected chi connectivity index (χ1v) is 7.29. The van der Waals surface area contributed by atoms with E-state index in [1.165, 1.54) is 35.6 Å². The van der Waals surface area contributed by atoms with Crippen LogP contribution in [0.5, 0.6) is 0 Å². The number of aromatic nitrogens is 1. The molecule has 0 saturated carbocycles. The standard InChI is InChI=1S/C16H12FN3OS/c17-11-5-1-9(2-6-11)13(21)14-15(19)20-16(22-14)10-3-7-12(18)8-4-10/h1-8H,18-19H2. The number of ketones is 1. The van der Waals surface area contributed by atoms with Crippen LogP contribution in [0, 0.1) is 5.82 Å². The Morgan fingerprint density at radius 3 is 2.27 bits per heavy atom. The average molecular weight is 313 g/mol. The first-order valence-electron chi connectivity index (χ1n) is 6.47. The Morgan fingerprint density at radius 2 is 1.64 bits per heavy atom. The van der Waals surface area contributed by atoms with Crippen LogP contribution in [0.3, 0.4) is 0 Å². The fourth-order valence-electron chi connectivity index (χ4n) is 1.98. The SMILES string of the molecule is Nc1ccc(-c2nc(N)c(C(=O)c3ccc(F)cc3)s2)cc1. The Bertz CT molecular complexity index is 826. The number of nitrogens with two attached hydrogens (primary N) is 2. The number of carbonyl (C=O) groups is 1. The van der Waals surface area contributed by atoms with Crippen molar-refractivity contribution in [2.75, 3.05) is 11.5 Å². The second-order valence-electron chi connectivity index (χ2n) is 4.69. The van der Waals surface area contributed by atoms with Gasteiger partial charge in [-0.25, -0.2) is 9.37 Å². The maximum Gasteiger partial charge on any atom is 0.206 e. The van der Waals surface area contributed by atoms with E-state index in [2.05, 4.69) is 4.98 Å². The van der Waals surface area contributed by atoms with E-state index in [0.717, 1.165) is 5.56 Å². The molecule has 0 unspecified atom stereocenters. The summed E-state index contributed by atoms with van der Waals surface area (Å²) in [7, 11) is 0. The molecule has 0 aliphatic carbocycles. The monoisotopic (exact) mass is 313 g/mol. The van der Waals surface area contributed by atoms with Gasteiger partial charge in [-0.15, -0.1) is 11.3 Å². The highest BCUT2D eigenvalue weighted by Gasteiger charge is 2.18. The van der Waals surface area contributed by atoms with E-state index in [1.807, 2.05) is 12.1 Å². The number of hydrogen-bond acceptors (Lipinski definition) is 5. The number of anilines is 2. The molecule has 0 saturated heterocycles. The molecule has 1 heterocycles. The molecule has 0 aliphatic rings. The van der Waals surface area contributed by atoms with E-state index < -0.39 is 5.82 Å². The van der Waals surface area contributed by atoms with Crippen LogP contribution in [0.2, 0.25) is 0 Å². The number of nitrogens with zero attached hydrogens (tertiary/aromatic N) is 1. The van der Waals surface area contributed by atoms with Gasteiger partial charge in [-0.3, -0.25) is 4.79 Å². The molecule has 0 radical (unpaired) electrons. The Labute approximate surface area is 130 Å². The average Bonchev–Trinajstić information content (AvgIpc) is 2.90. The molecule has 1 aromatic heterocycles. The van der Waals surface area contributed by atoms with Gasteiger partial charge in [0.2, 0.25) is 5.78 Å². The minimum Gasteiger partial charge on any atom is -0.399 e. The van der Waals surface area contributed by atoms with Crippen molar-refractivity contribution in [1.82, 2.24) is 4.98 Å². The van der Waals surface area contributed by atoms with E-state index in [-0.39, 0.29) is 11.6 Å². The molecular weight excluding hydrogens is 301 g/mol. The summed E-state index contributed by atoms with van der Waals surface area (Å²) in [4.78, 5) is 17.0. The lowest BCUT2D eigenvalue weighted by Gasteiger charge is -1.98. The van der Waals surface area contributed by atoms with E-state index in [9.17, 15) is 9.18 Å². The van der Waals surface area contributed by atoms with Crippen LogP contribution in [-0.2, 0) is 0 Å². The van der Waals surface area contributed by atoms with Gasteiger partial charge < -0.3 is 11.5 Å². The molecule has 3 rings (SSSR count). The van der Waals surface area contributed by atoms with Crippen molar-refractivity contribution < 1.29 is 9.18 Å². The molecule has 4 N–H and O–H groups in total. The van der Waals surface area contributed by atoms with Crippen molar-refractivity contribution in [3.8, 4) is 10.6 Å². The molecule has 22 heavy (non-hydrogen) atoms. The van der Waals surface area contributed by atoms with Gasteiger partial charge in [0, 0.05) is 16.8 Å². The fraction of sp³-hybridized carbons (Fsp3) is 0. The quantitative estimate of drug-likeness (QED) is 0.574. The van der Waals surface area contributed by atoms with Gasteiger partial charge in [0.15, 0.2) is 0 Å². The van der Waals surface area contributed by atoms with Gasteiger partial charge in [-0.1, -0.05) is 0 Å². The molecule has 6 heteroatoms. The summed E-state index contributed by atoms with van der Waals surface area (Å²) in [6.07, 6.45) is 0. The van der Waals surface area contributed by atoms with Crippen LogP contribution >= 0.6 is 11.3 Å². The molecule has 0 bridgehead atoms. The van der Waals surface area contributed by atoms with E-state index in [0.29, 0.717) is 21.1 Å². The normalized spacial score (nSPS) is 10.6. The summed E-state index contributed by atoms with van der Waals surface area (Å²) in [6.45, 7) is 0. The van der Waals surface area contributed by atoms with Gasteiger partial charge in [0.05, 0.1) is 0 Å². The van der Waals surface area contributed by atoms with Crippen LogP contribution < -0.4 is 11.5 Å². The van der Waals surface area contributed by atoms with Crippen LogP contribution in [0.25, 0.3) is 10.6 Å². The molecule has 0 fully saturated rings. The topological polar surface area (TPSA) is 82.0 Å². The van der Waals surface area contributed by atoms with Gasteiger partial charge in [-0.05, 0) is 48.5 Å². The van der Waals surface area contributed by atoms with Crippen molar-refractivity contribution in [2.45, 2.75) is 0 Å². The number of carbonyl (C=O) groups excluding carboxylic acids is 1. The fourth-order valence-corrected chi connectivity index (χ4v) is 2.93. The zero-order valence-electron chi connectivity index (χ0n) is 11.4. The highest BCUT2D eigenvalue weighted by molar-refractivity contribution is 7.17.